The van der Waals surface area contributed by atoms with Crippen molar-refractivity contribution in [1.29, 1.82) is 0 Å². The zero-order chi connectivity index (χ0) is 15.4. The minimum Gasteiger partial charge on any atom is -0.319 e. The average molecular weight is 310 g/mol. The summed E-state index contributed by atoms with van der Waals surface area (Å²) in [6.45, 7) is 0. The van der Waals surface area contributed by atoms with E-state index in [0.717, 1.165) is 11.3 Å². The largest absolute Gasteiger partial charge is 0.319 e. The molecule has 1 amide bonds. The number of rotatable bonds is 3. The number of carbonyl (C=O) groups is 1. The maximum Gasteiger partial charge on any atom is 0.257 e. The molecule has 108 valence electrons. The van der Waals surface area contributed by atoms with Crippen molar-refractivity contribution in [2.45, 2.75) is 0 Å². The van der Waals surface area contributed by atoms with Crippen LogP contribution in [0.1, 0.15) is 10.4 Å². The minimum atomic E-state index is -0.274. The van der Waals surface area contributed by atoms with Crippen LogP contribution in [0, 0.1) is 0 Å². The monoisotopic (exact) mass is 309 g/mol. The number of aromatic nitrogens is 2. The molecule has 0 aliphatic rings. The molecule has 1 N–H and O–H groups in total. The maximum atomic E-state index is 12.1. The van der Waals surface area contributed by atoms with Gasteiger partial charge in [0.2, 0.25) is 0 Å². The predicted molar refractivity (Wildman–Crippen MR) is 86.9 cm³/mol. The van der Waals surface area contributed by atoms with Crippen molar-refractivity contribution in [3.05, 3.63) is 77.7 Å². The summed E-state index contributed by atoms with van der Waals surface area (Å²) in [5.41, 5.74) is 2.65. The second-order valence-electron chi connectivity index (χ2n) is 4.60. The Bertz CT molecular complexity index is 792. The Morgan fingerprint density at radius 2 is 1.82 bits per heavy atom. The van der Waals surface area contributed by atoms with E-state index in [2.05, 4.69) is 15.3 Å². The van der Waals surface area contributed by atoms with Crippen LogP contribution in [0.2, 0.25) is 5.15 Å². The molecule has 3 aromatic rings. The molecule has 0 bridgehead atoms. The molecule has 0 atom stereocenters. The molecule has 0 aliphatic carbocycles. The lowest BCUT2D eigenvalue weighted by atomic mass is 10.1. The van der Waals surface area contributed by atoms with Gasteiger partial charge in [-0.1, -0.05) is 41.9 Å². The fraction of sp³-hybridized carbons (Fsp3) is 0. The van der Waals surface area contributed by atoms with Crippen molar-refractivity contribution in [1.82, 2.24) is 9.97 Å². The lowest BCUT2D eigenvalue weighted by molar-refractivity contribution is 0.102. The number of nitrogens with one attached hydrogen (secondary N) is 1. The molecule has 0 fully saturated rings. The smallest absolute Gasteiger partial charge is 0.257 e. The van der Waals surface area contributed by atoms with Crippen molar-refractivity contribution in [3.63, 3.8) is 0 Å². The Balaban J connectivity index is 1.83. The van der Waals surface area contributed by atoms with Crippen LogP contribution in [0.25, 0.3) is 11.3 Å². The number of hydrogen-bond donors (Lipinski definition) is 1. The molecular formula is C17H12ClN3O. The maximum absolute atomic E-state index is 12.1. The van der Waals surface area contributed by atoms with Gasteiger partial charge in [-0.2, -0.15) is 0 Å². The lowest BCUT2D eigenvalue weighted by Crippen LogP contribution is -2.12. The Labute approximate surface area is 132 Å². The fourth-order valence-corrected chi connectivity index (χ4v) is 2.19. The van der Waals surface area contributed by atoms with Crippen LogP contribution in [0.15, 0.2) is 67.0 Å². The van der Waals surface area contributed by atoms with Crippen LogP contribution in [0.4, 0.5) is 5.69 Å². The predicted octanol–water partition coefficient (Wildman–Crippen LogP) is 4.05. The molecule has 0 radical (unpaired) electrons. The van der Waals surface area contributed by atoms with Crippen molar-refractivity contribution in [2.75, 3.05) is 5.32 Å². The summed E-state index contributed by atoms with van der Waals surface area (Å²) in [7, 11) is 0. The first-order chi connectivity index (χ1) is 10.7. The van der Waals surface area contributed by atoms with E-state index in [1.165, 1.54) is 6.20 Å². The molecule has 22 heavy (non-hydrogen) atoms. The minimum absolute atomic E-state index is 0.249. The third-order valence-corrected chi connectivity index (χ3v) is 3.38. The number of pyridine rings is 2. The van der Waals surface area contributed by atoms with Gasteiger partial charge in [-0.05, 0) is 24.3 Å². The number of carbonyl (C=O) groups excluding carboxylic acids is 1. The van der Waals surface area contributed by atoms with Crippen LogP contribution >= 0.6 is 11.6 Å². The van der Waals surface area contributed by atoms with E-state index < -0.39 is 0 Å². The van der Waals surface area contributed by atoms with Gasteiger partial charge in [0, 0.05) is 18.0 Å². The number of nitrogens with zero attached hydrogens (tertiary/aromatic N) is 2. The second-order valence-corrected chi connectivity index (χ2v) is 4.95. The lowest BCUT2D eigenvalue weighted by Gasteiger charge is -2.08. The zero-order valence-electron chi connectivity index (χ0n) is 11.5. The topological polar surface area (TPSA) is 54.9 Å². The first-order valence-electron chi connectivity index (χ1n) is 6.67. The van der Waals surface area contributed by atoms with Gasteiger partial charge >= 0.3 is 0 Å². The SMILES string of the molecule is O=C(Nc1ccc(-c2ccccc2)nc1Cl)c1cccnc1. The summed E-state index contributed by atoms with van der Waals surface area (Å²) in [5.74, 6) is -0.274. The Kier molecular flexibility index (Phi) is 4.12. The quantitative estimate of drug-likeness (QED) is 0.743. The summed E-state index contributed by atoms with van der Waals surface area (Å²) in [5, 5.41) is 2.98. The van der Waals surface area contributed by atoms with Crippen LogP contribution in [0.3, 0.4) is 0 Å². The van der Waals surface area contributed by atoms with Gasteiger partial charge in [-0.15, -0.1) is 0 Å². The molecule has 5 heteroatoms. The van der Waals surface area contributed by atoms with E-state index in [9.17, 15) is 4.79 Å². The Hall–Kier alpha value is -2.72. The summed E-state index contributed by atoms with van der Waals surface area (Å²) in [6.07, 6.45) is 3.11. The second kappa shape index (κ2) is 6.37. The highest BCUT2D eigenvalue weighted by Crippen LogP contribution is 2.25. The van der Waals surface area contributed by atoms with Crippen LogP contribution in [-0.2, 0) is 0 Å². The third-order valence-electron chi connectivity index (χ3n) is 3.09. The van der Waals surface area contributed by atoms with Crippen LogP contribution in [0.5, 0.6) is 0 Å². The zero-order valence-corrected chi connectivity index (χ0v) is 12.3. The Morgan fingerprint density at radius 1 is 1.00 bits per heavy atom. The number of benzene rings is 1. The van der Waals surface area contributed by atoms with Crippen molar-refractivity contribution in [2.24, 2.45) is 0 Å². The van der Waals surface area contributed by atoms with E-state index in [4.69, 9.17) is 11.6 Å². The van der Waals surface area contributed by atoms with Crippen molar-refractivity contribution in [3.8, 4) is 11.3 Å². The highest BCUT2D eigenvalue weighted by atomic mass is 35.5. The van der Waals surface area contributed by atoms with Gasteiger partial charge in [0.15, 0.2) is 5.15 Å². The van der Waals surface area contributed by atoms with E-state index in [1.54, 1.807) is 24.4 Å². The van der Waals surface area contributed by atoms with Gasteiger partial charge in [0.05, 0.1) is 16.9 Å². The molecule has 2 aromatic heterocycles. The molecule has 0 unspecified atom stereocenters. The molecule has 1 aromatic carbocycles. The Morgan fingerprint density at radius 3 is 2.50 bits per heavy atom. The summed E-state index contributed by atoms with van der Waals surface area (Å²) >= 11 is 6.17. The summed E-state index contributed by atoms with van der Waals surface area (Å²) < 4.78 is 0. The molecule has 3 rings (SSSR count). The molecule has 2 heterocycles. The summed E-state index contributed by atoms with van der Waals surface area (Å²) in [6, 6.07) is 16.7. The van der Waals surface area contributed by atoms with E-state index in [-0.39, 0.29) is 11.1 Å². The highest BCUT2D eigenvalue weighted by molar-refractivity contribution is 6.32. The normalized spacial score (nSPS) is 10.2. The van der Waals surface area contributed by atoms with Crippen molar-refractivity contribution >= 4 is 23.2 Å². The molecule has 0 aliphatic heterocycles. The first-order valence-corrected chi connectivity index (χ1v) is 7.05. The van der Waals surface area contributed by atoms with Crippen LogP contribution in [-0.4, -0.2) is 15.9 Å². The van der Waals surface area contributed by atoms with Crippen LogP contribution < -0.4 is 5.32 Å². The van der Waals surface area contributed by atoms with Gasteiger partial charge < -0.3 is 5.32 Å². The molecule has 0 spiro atoms. The van der Waals surface area contributed by atoms with Gasteiger partial charge in [0.1, 0.15) is 0 Å². The van der Waals surface area contributed by atoms with E-state index >= 15 is 0 Å². The first kappa shape index (κ1) is 14.2. The fourth-order valence-electron chi connectivity index (χ4n) is 1.99. The molecule has 4 nitrogen and oxygen atoms in total. The molecule has 0 saturated heterocycles. The number of anilines is 1. The van der Waals surface area contributed by atoms with Crippen molar-refractivity contribution < 1.29 is 4.79 Å². The number of halogens is 1. The molecular weight excluding hydrogens is 298 g/mol. The number of amides is 1. The van der Waals surface area contributed by atoms with E-state index in [0.29, 0.717) is 11.3 Å². The standard InChI is InChI=1S/C17H12ClN3O/c18-16-15(21-17(22)13-7-4-10-19-11-13)9-8-14(20-16)12-5-2-1-3-6-12/h1-11H,(H,21,22). The van der Waals surface area contributed by atoms with E-state index in [1.807, 2.05) is 36.4 Å². The summed E-state index contributed by atoms with van der Waals surface area (Å²) in [4.78, 5) is 20.3. The van der Waals surface area contributed by atoms with Gasteiger partial charge in [0.25, 0.3) is 5.91 Å². The molecule has 0 saturated carbocycles. The van der Waals surface area contributed by atoms with Gasteiger partial charge in [-0.25, -0.2) is 4.98 Å². The third kappa shape index (κ3) is 3.13. The van der Waals surface area contributed by atoms with Gasteiger partial charge in [-0.3, -0.25) is 9.78 Å². The number of hydrogen-bond acceptors (Lipinski definition) is 3. The average Bonchev–Trinajstić information content (AvgIpc) is 2.58. The highest BCUT2D eigenvalue weighted by Gasteiger charge is 2.10.